The van der Waals surface area contributed by atoms with Gasteiger partial charge in [-0.25, -0.2) is 4.39 Å². The molecule has 2 saturated heterocycles. The maximum atomic E-state index is 13.0. The summed E-state index contributed by atoms with van der Waals surface area (Å²) in [7, 11) is 0. The van der Waals surface area contributed by atoms with Gasteiger partial charge in [0.15, 0.2) is 0 Å². The summed E-state index contributed by atoms with van der Waals surface area (Å²) in [6.45, 7) is 1.27. The second kappa shape index (κ2) is 6.73. The number of halogens is 1. The standard InChI is InChI=1S/C18H19FN4O4/c19-8-10-9-22(6-5-20-10)11-1-2-12-13(7-11)18(27)23(17(12)26)14-3-4-15(24)21-16(14)25/h1-2,7,10,14,20H,3-6,8-9H2,(H,21,24,25). The fourth-order valence-corrected chi connectivity index (χ4v) is 3.82. The molecule has 3 aliphatic heterocycles. The van der Waals surface area contributed by atoms with Gasteiger partial charge in [0.2, 0.25) is 11.8 Å². The molecule has 0 aliphatic carbocycles. The number of rotatable bonds is 3. The van der Waals surface area contributed by atoms with Gasteiger partial charge in [-0.3, -0.25) is 29.4 Å². The van der Waals surface area contributed by atoms with E-state index in [1.54, 1.807) is 18.2 Å². The minimum atomic E-state index is -0.978. The highest BCUT2D eigenvalue weighted by atomic mass is 19.1. The highest BCUT2D eigenvalue weighted by Gasteiger charge is 2.44. The highest BCUT2D eigenvalue weighted by Crippen LogP contribution is 2.30. The number of nitrogens with one attached hydrogen (secondary N) is 2. The Hall–Kier alpha value is -2.81. The second-order valence-electron chi connectivity index (χ2n) is 6.93. The number of carbonyl (C=O) groups is 4. The van der Waals surface area contributed by atoms with Crippen LogP contribution in [0.25, 0.3) is 0 Å². The lowest BCUT2D eigenvalue weighted by atomic mass is 10.0. The zero-order chi connectivity index (χ0) is 19.1. The number of piperidine rings is 1. The first-order valence-electron chi connectivity index (χ1n) is 8.89. The Morgan fingerprint density at radius 3 is 2.63 bits per heavy atom. The van der Waals surface area contributed by atoms with Crippen molar-refractivity contribution in [3.05, 3.63) is 29.3 Å². The molecule has 3 aliphatic rings. The predicted octanol–water partition coefficient (Wildman–Crippen LogP) is -0.164. The molecule has 2 unspecified atom stereocenters. The van der Waals surface area contributed by atoms with Crippen LogP contribution in [0.15, 0.2) is 18.2 Å². The summed E-state index contributed by atoms with van der Waals surface area (Å²) >= 11 is 0. The molecule has 0 bridgehead atoms. The van der Waals surface area contributed by atoms with E-state index >= 15 is 0 Å². The molecule has 0 saturated carbocycles. The molecule has 0 radical (unpaired) electrons. The van der Waals surface area contributed by atoms with E-state index in [1.807, 2.05) is 4.90 Å². The van der Waals surface area contributed by atoms with Crippen LogP contribution in [0, 0.1) is 0 Å². The zero-order valence-corrected chi connectivity index (χ0v) is 14.5. The molecule has 2 fully saturated rings. The first-order valence-corrected chi connectivity index (χ1v) is 8.89. The number of carbonyl (C=O) groups excluding carboxylic acids is 4. The number of amides is 4. The molecule has 3 heterocycles. The number of nitrogens with zero attached hydrogens (tertiary/aromatic N) is 2. The number of imide groups is 2. The normalized spacial score (nSPS) is 25.7. The van der Waals surface area contributed by atoms with Crippen LogP contribution >= 0.6 is 0 Å². The van der Waals surface area contributed by atoms with Gasteiger partial charge in [-0.1, -0.05) is 0 Å². The summed E-state index contributed by atoms with van der Waals surface area (Å²) in [5.74, 6) is -2.10. The Balaban J connectivity index is 1.60. The lowest BCUT2D eigenvalue weighted by molar-refractivity contribution is -0.136. The van der Waals surface area contributed by atoms with Gasteiger partial charge >= 0.3 is 0 Å². The van der Waals surface area contributed by atoms with E-state index in [0.717, 1.165) is 10.6 Å². The van der Waals surface area contributed by atoms with Gasteiger partial charge in [0, 0.05) is 31.7 Å². The number of piperazine rings is 1. The average molecular weight is 374 g/mol. The van der Waals surface area contributed by atoms with Gasteiger partial charge in [0.05, 0.1) is 17.2 Å². The zero-order valence-electron chi connectivity index (χ0n) is 14.5. The third-order valence-electron chi connectivity index (χ3n) is 5.23. The van der Waals surface area contributed by atoms with Crippen molar-refractivity contribution < 1.29 is 23.6 Å². The van der Waals surface area contributed by atoms with E-state index in [1.165, 1.54) is 0 Å². The summed E-state index contributed by atoms with van der Waals surface area (Å²) in [5, 5.41) is 5.25. The van der Waals surface area contributed by atoms with Crippen LogP contribution in [0.3, 0.4) is 0 Å². The number of alkyl halides is 1. The van der Waals surface area contributed by atoms with Crippen LogP contribution < -0.4 is 15.5 Å². The Kier molecular flexibility index (Phi) is 4.39. The molecule has 142 valence electrons. The minimum absolute atomic E-state index is 0.0838. The second-order valence-corrected chi connectivity index (χ2v) is 6.93. The topological polar surface area (TPSA) is 98.8 Å². The first kappa shape index (κ1) is 17.6. The van der Waals surface area contributed by atoms with Crippen molar-refractivity contribution in [3.8, 4) is 0 Å². The van der Waals surface area contributed by atoms with Gasteiger partial charge in [0.1, 0.15) is 12.7 Å². The minimum Gasteiger partial charge on any atom is -0.369 e. The molecule has 9 heteroatoms. The van der Waals surface area contributed by atoms with Crippen molar-refractivity contribution in [2.75, 3.05) is 31.2 Å². The molecule has 1 aromatic rings. The van der Waals surface area contributed by atoms with Crippen molar-refractivity contribution in [1.29, 1.82) is 0 Å². The van der Waals surface area contributed by atoms with E-state index in [0.29, 0.717) is 19.6 Å². The number of hydrogen-bond acceptors (Lipinski definition) is 6. The molecule has 4 rings (SSSR count). The third kappa shape index (κ3) is 2.97. The van der Waals surface area contributed by atoms with Gasteiger partial charge < -0.3 is 10.2 Å². The van der Waals surface area contributed by atoms with Crippen molar-refractivity contribution in [2.45, 2.75) is 24.9 Å². The number of benzene rings is 1. The SMILES string of the molecule is O=C1CCC(N2C(=O)c3ccc(N4CCNC(CF)C4)cc3C2=O)C(=O)N1. The molecule has 27 heavy (non-hydrogen) atoms. The van der Waals surface area contributed by atoms with Crippen LogP contribution in [0.1, 0.15) is 33.6 Å². The summed E-state index contributed by atoms with van der Waals surface area (Å²) < 4.78 is 13.0. The van der Waals surface area contributed by atoms with Gasteiger partial charge in [-0.2, -0.15) is 0 Å². The van der Waals surface area contributed by atoms with Crippen LogP contribution in [0.5, 0.6) is 0 Å². The van der Waals surface area contributed by atoms with E-state index < -0.39 is 36.3 Å². The van der Waals surface area contributed by atoms with Gasteiger partial charge in [0.25, 0.3) is 11.8 Å². The molecular weight excluding hydrogens is 355 g/mol. The van der Waals surface area contributed by atoms with E-state index in [4.69, 9.17) is 0 Å². The van der Waals surface area contributed by atoms with Crippen molar-refractivity contribution in [2.24, 2.45) is 0 Å². The molecule has 2 N–H and O–H groups in total. The van der Waals surface area contributed by atoms with Crippen LogP contribution in [-0.4, -0.2) is 66.9 Å². The van der Waals surface area contributed by atoms with Crippen LogP contribution in [-0.2, 0) is 9.59 Å². The lowest BCUT2D eigenvalue weighted by Gasteiger charge is -2.34. The summed E-state index contributed by atoms with van der Waals surface area (Å²) in [5.41, 5.74) is 1.21. The maximum absolute atomic E-state index is 13.0. The van der Waals surface area contributed by atoms with E-state index in [2.05, 4.69) is 10.6 Å². The van der Waals surface area contributed by atoms with Gasteiger partial charge in [-0.05, 0) is 24.6 Å². The Morgan fingerprint density at radius 2 is 1.89 bits per heavy atom. The number of hydrogen-bond donors (Lipinski definition) is 2. The first-order chi connectivity index (χ1) is 13.0. The molecule has 2 atom stereocenters. The van der Waals surface area contributed by atoms with E-state index in [-0.39, 0.29) is 30.0 Å². The molecule has 1 aromatic carbocycles. The van der Waals surface area contributed by atoms with Crippen LogP contribution in [0.2, 0.25) is 0 Å². The molecule has 8 nitrogen and oxygen atoms in total. The summed E-state index contributed by atoms with van der Waals surface area (Å²) in [6.07, 6.45) is 0.208. The molecule has 0 aromatic heterocycles. The van der Waals surface area contributed by atoms with Gasteiger partial charge in [-0.15, -0.1) is 0 Å². The fourth-order valence-electron chi connectivity index (χ4n) is 3.82. The summed E-state index contributed by atoms with van der Waals surface area (Å²) in [4.78, 5) is 51.9. The molecule has 0 spiro atoms. The average Bonchev–Trinajstić information content (AvgIpc) is 2.92. The van der Waals surface area contributed by atoms with Crippen LogP contribution in [0.4, 0.5) is 10.1 Å². The Labute approximate surface area is 154 Å². The molecular formula is C18H19FN4O4. The predicted molar refractivity (Wildman–Crippen MR) is 93.1 cm³/mol. The van der Waals surface area contributed by atoms with Crippen molar-refractivity contribution >= 4 is 29.3 Å². The fraction of sp³-hybridized carbons (Fsp3) is 0.444. The largest absolute Gasteiger partial charge is 0.369 e. The third-order valence-corrected chi connectivity index (χ3v) is 5.23. The summed E-state index contributed by atoms with van der Waals surface area (Å²) in [6, 6.07) is 3.68. The Bertz CT molecular complexity index is 843. The maximum Gasteiger partial charge on any atom is 0.262 e. The lowest BCUT2D eigenvalue weighted by Crippen LogP contribution is -2.54. The number of anilines is 1. The highest BCUT2D eigenvalue weighted by molar-refractivity contribution is 6.23. The monoisotopic (exact) mass is 374 g/mol. The van der Waals surface area contributed by atoms with Crippen molar-refractivity contribution in [3.63, 3.8) is 0 Å². The molecule has 4 amide bonds. The quantitative estimate of drug-likeness (QED) is 0.713. The van der Waals surface area contributed by atoms with Crippen molar-refractivity contribution in [1.82, 2.24) is 15.5 Å². The Morgan fingerprint density at radius 1 is 1.11 bits per heavy atom. The van der Waals surface area contributed by atoms with E-state index in [9.17, 15) is 23.6 Å². The smallest absolute Gasteiger partial charge is 0.262 e. The number of fused-ring (bicyclic) bond motifs is 1.